The highest BCUT2D eigenvalue weighted by molar-refractivity contribution is 5.79. The predicted octanol–water partition coefficient (Wildman–Crippen LogP) is 3.75. The molecule has 2 nitrogen and oxygen atoms in total. The van der Waals surface area contributed by atoms with Crippen molar-refractivity contribution in [3.05, 3.63) is 29.3 Å². The maximum atomic E-state index is 13.0. The first-order chi connectivity index (χ1) is 9.23. The van der Waals surface area contributed by atoms with Crippen LogP contribution in [0.4, 0.5) is 27.6 Å². The Bertz CT molecular complexity index is 502. The molecule has 0 bridgehead atoms. The summed E-state index contributed by atoms with van der Waals surface area (Å²) in [6, 6.07) is 3.26. The fourth-order valence-electron chi connectivity index (χ4n) is 2.18. The van der Waals surface area contributed by atoms with Gasteiger partial charge in [0.2, 0.25) is 0 Å². The van der Waals surface area contributed by atoms with Gasteiger partial charge in [-0.05, 0) is 18.2 Å². The molecule has 2 rings (SSSR count). The van der Waals surface area contributed by atoms with Gasteiger partial charge in [0.15, 0.2) is 6.29 Å². The van der Waals surface area contributed by atoms with Gasteiger partial charge < -0.3 is 4.90 Å². The van der Waals surface area contributed by atoms with Gasteiger partial charge >= 0.3 is 6.18 Å². The molecular weight excluding hydrogens is 281 g/mol. The first-order valence-electron chi connectivity index (χ1n) is 6.02. The van der Waals surface area contributed by atoms with E-state index in [0.717, 1.165) is 12.1 Å². The van der Waals surface area contributed by atoms with Gasteiger partial charge in [0.25, 0.3) is 5.92 Å². The van der Waals surface area contributed by atoms with Crippen molar-refractivity contribution in [2.45, 2.75) is 24.9 Å². The number of aldehydes is 1. The number of benzene rings is 1. The minimum absolute atomic E-state index is 0.00919. The van der Waals surface area contributed by atoms with E-state index in [4.69, 9.17) is 0 Å². The summed E-state index contributed by atoms with van der Waals surface area (Å²) in [7, 11) is 0. The van der Waals surface area contributed by atoms with Crippen LogP contribution in [-0.2, 0) is 6.18 Å². The lowest BCUT2D eigenvalue weighted by Gasteiger charge is -2.33. The van der Waals surface area contributed by atoms with Crippen LogP contribution in [0.15, 0.2) is 18.2 Å². The van der Waals surface area contributed by atoms with Crippen molar-refractivity contribution in [2.75, 3.05) is 18.0 Å². The first kappa shape index (κ1) is 14.7. The molecule has 0 atom stereocenters. The molecule has 1 aromatic rings. The van der Waals surface area contributed by atoms with Crippen molar-refractivity contribution in [2.24, 2.45) is 0 Å². The average Bonchev–Trinajstić information content (AvgIpc) is 2.37. The van der Waals surface area contributed by atoms with E-state index >= 15 is 0 Å². The summed E-state index contributed by atoms with van der Waals surface area (Å²) in [5, 5.41) is 0. The van der Waals surface area contributed by atoms with Crippen LogP contribution in [0.3, 0.4) is 0 Å². The minimum Gasteiger partial charge on any atom is -0.371 e. The summed E-state index contributed by atoms with van der Waals surface area (Å²) in [5.74, 6) is -2.76. The zero-order valence-electron chi connectivity index (χ0n) is 10.4. The number of carbonyl (C=O) groups excluding carboxylic acids is 1. The molecule has 0 aromatic heterocycles. The summed E-state index contributed by atoms with van der Waals surface area (Å²) in [6.45, 7) is -0.0184. The van der Waals surface area contributed by atoms with Crippen molar-refractivity contribution in [1.29, 1.82) is 0 Å². The monoisotopic (exact) mass is 293 g/mol. The number of hydrogen-bond donors (Lipinski definition) is 0. The third kappa shape index (κ3) is 3.08. The molecule has 1 aliphatic heterocycles. The molecule has 0 amide bonds. The summed E-state index contributed by atoms with van der Waals surface area (Å²) in [6.07, 6.45) is -5.28. The zero-order valence-corrected chi connectivity index (χ0v) is 10.4. The third-order valence-corrected chi connectivity index (χ3v) is 3.33. The average molecular weight is 293 g/mol. The molecule has 1 aliphatic rings. The van der Waals surface area contributed by atoms with Gasteiger partial charge in [0, 0.05) is 37.2 Å². The second-order valence-electron chi connectivity index (χ2n) is 4.73. The number of rotatable bonds is 2. The predicted molar refractivity (Wildman–Crippen MR) is 63.2 cm³/mol. The Kier molecular flexibility index (Phi) is 3.71. The van der Waals surface area contributed by atoms with Crippen LogP contribution in [0.5, 0.6) is 0 Å². The second-order valence-corrected chi connectivity index (χ2v) is 4.73. The standard InChI is InChI=1S/C13H12F5NO/c14-12(15)3-5-19(6-4-12)10-2-1-9(8-20)11(7-10)13(16,17)18/h1-2,7-8H,3-6H2. The molecule has 1 heterocycles. The Morgan fingerprint density at radius 1 is 1.15 bits per heavy atom. The van der Waals surface area contributed by atoms with E-state index in [1.165, 1.54) is 11.0 Å². The third-order valence-electron chi connectivity index (χ3n) is 3.33. The largest absolute Gasteiger partial charge is 0.417 e. The van der Waals surface area contributed by atoms with Crippen molar-refractivity contribution in [3.8, 4) is 0 Å². The van der Waals surface area contributed by atoms with Gasteiger partial charge in [-0.1, -0.05) is 0 Å². The lowest BCUT2D eigenvalue weighted by molar-refractivity contribution is -0.137. The molecule has 0 radical (unpaired) electrons. The van der Waals surface area contributed by atoms with E-state index in [1.807, 2.05) is 0 Å². The number of piperidine rings is 1. The fraction of sp³-hybridized carbons (Fsp3) is 0.462. The highest BCUT2D eigenvalue weighted by atomic mass is 19.4. The SMILES string of the molecule is O=Cc1ccc(N2CCC(F)(F)CC2)cc1C(F)(F)F. The Balaban J connectivity index is 2.28. The van der Waals surface area contributed by atoms with Gasteiger partial charge in [-0.25, -0.2) is 8.78 Å². The highest BCUT2D eigenvalue weighted by Crippen LogP contribution is 2.36. The van der Waals surface area contributed by atoms with Crippen LogP contribution in [0.2, 0.25) is 0 Å². The maximum absolute atomic E-state index is 13.0. The number of anilines is 1. The van der Waals surface area contributed by atoms with Crippen LogP contribution in [0.1, 0.15) is 28.8 Å². The van der Waals surface area contributed by atoms with E-state index in [0.29, 0.717) is 0 Å². The van der Waals surface area contributed by atoms with Gasteiger partial charge in [-0.15, -0.1) is 0 Å². The number of alkyl halides is 5. The van der Waals surface area contributed by atoms with Crippen molar-refractivity contribution in [3.63, 3.8) is 0 Å². The number of halogens is 5. The molecule has 0 saturated carbocycles. The Morgan fingerprint density at radius 3 is 2.25 bits per heavy atom. The van der Waals surface area contributed by atoms with Gasteiger partial charge in [-0.3, -0.25) is 4.79 Å². The normalized spacial score (nSPS) is 18.9. The molecule has 1 aromatic carbocycles. The smallest absolute Gasteiger partial charge is 0.371 e. The molecule has 0 unspecified atom stereocenters. The van der Waals surface area contributed by atoms with Crippen LogP contribution in [0.25, 0.3) is 0 Å². The fourth-order valence-corrected chi connectivity index (χ4v) is 2.18. The van der Waals surface area contributed by atoms with Crippen molar-refractivity contribution >= 4 is 12.0 Å². The maximum Gasteiger partial charge on any atom is 0.417 e. The van der Waals surface area contributed by atoms with E-state index in [1.54, 1.807) is 0 Å². The number of carbonyl (C=O) groups is 1. The molecule has 20 heavy (non-hydrogen) atoms. The molecule has 110 valence electrons. The van der Waals surface area contributed by atoms with Crippen molar-refractivity contribution < 1.29 is 26.7 Å². The molecule has 1 saturated heterocycles. The quantitative estimate of drug-likeness (QED) is 0.611. The van der Waals surface area contributed by atoms with Crippen LogP contribution in [-0.4, -0.2) is 25.3 Å². The second kappa shape index (κ2) is 5.03. The first-order valence-corrected chi connectivity index (χ1v) is 6.02. The topological polar surface area (TPSA) is 20.3 Å². The minimum atomic E-state index is -4.65. The van der Waals surface area contributed by atoms with Crippen molar-refractivity contribution in [1.82, 2.24) is 0 Å². The zero-order chi connectivity index (χ0) is 15.0. The Hall–Kier alpha value is -1.66. The molecule has 0 aliphatic carbocycles. The van der Waals surface area contributed by atoms with Gasteiger partial charge in [-0.2, -0.15) is 13.2 Å². The number of nitrogens with zero attached hydrogens (tertiary/aromatic N) is 1. The van der Waals surface area contributed by atoms with Crippen LogP contribution < -0.4 is 4.90 Å². The molecule has 1 fully saturated rings. The summed E-state index contributed by atoms with van der Waals surface area (Å²) < 4.78 is 64.5. The van der Waals surface area contributed by atoms with Crippen LogP contribution in [0, 0.1) is 0 Å². The lowest BCUT2D eigenvalue weighted by Crippen LogP contribution is -2.39. The van der Waals surface area contributed by atoms with E-state index in [-0.39, 0.29) is 37.9 Å². The lowest BCUT2D eigenvalue weighted by atomic mass is 10.0. The van der Waals surface area contributed by atoms with E-state index < -0.39 is 23.2 Å². The Labute approximate surface area is 112 Å². The summed E-state index contributed by atoms with van der Waals surface area (Å²) >= 11 is 0. The van der Waals surface area contributed by atoms with Gasteiger partial charge in [0.05, 0.1) is 5.56 Å². The Morgan fingerprint density at radius 2 is 1.75 bits per heavy atom. The molecule has 7 heteroatoms. The summed E-state index contributed by atoms with van der Waals surface area (Å²) in [4.78, 5) is 12.1. The molecule has 0 spiro atoms. The van der Waals surface area contributed by atoms with E-state index in [9.17, 15) is 26.7 Å². The molecular formula is C13H12F5NO. The summed E-state index contributed by atoms with van der Waals surface area (Å²) in [5.41, 5.74) is -1.29. The number of hydrogen-bond acceptors (Lipinski definition) is 2. The van der Waals surface area contributed by atoms with Gasteiger partial charge in [0.1, 0.15) is 0 Å². The highest BCUT2D eigenvalue weighted by Gasteiger charge is 2.36. The van der Waals surface area contributed by atoms with E-state index in [2.05, 4.69) is 0 Å². The van der Waals surface area contributed by atoms with Crippen LogP contribution >= 0.6 is 0 Å². The molecule has 0 N–H and O–H groups in total.